The molecule has 3 nitrogen and oxygen atoms in total. The summed E-state index contributed by atoms with van der Waals surface area (Å²) in [6, 6.07) is 7.13. The molecule has 0 amide bonds. The van der Waals surface area contributed by atoms with E-state index < -0.39 is 17.6 Å². The average molecular weight is 320 g/mol. The van der Waals surface area contributed by atoms with Gasteiger partial charge in [0.25, 0.3) is 0 Å². The number of carbonyl (C=O) groups excluding carboxylic acids is 1. The van der Waals surface area contributed by atoms with Crippen molar-refractivity contribution in [3.05, 3.63) is 64.2 Å². The molecule has 2 aromatic rings. The van der Waals surface area contributed by atoms with E-state index in [0.717, 1.165) is 11.6 Å². The lowest BCUT2D eigenvalue weighted by atomic mass is 9.97. The minimum atomic E-state index is -0.661. The lowest BCUT2D eigenvalue weighted by Gasteiger charge is -2.13. The summed E-state index contributed by atoms with van der Waals surface area (Å²) in [6.45, 7) is 2.98. The monoisotopic (exact) mass is 320 g/mol. The van der Waals surface area contributed by atoms with Gasteiger partial charge in [-0.05, 0) is 40.8 Å². The van der Waals surface area contributed by atoms with Crippen LogP contribution >= 0.6 is 0 Å². The summed E-state index contributed by atoms with van der Waals surface area (Å²) >= 11 is 0. The zero-order chi connectivity index (χ0) is 17.0. The van der Waals surface area contributed by atoms with Crippen LogP contribution in [0.15, 0.2) is 30.3 Å². The largest absolute Gasteiger partial charge is 0.508 e. The van der Waals surface area contributed by atoms with Crippen molar-refractivity contribution >= 4 is 5.97 Å². The molecule has 0 atom stereocenters. The van der Waals surface area contributed by atoms with Crippen molar-refractivity contribution in [3.8, 4) is 5.75 Å². The van der Waals surface area contributed by atoms with Gasteiger partial charge >= 0.3 is 5.97 Å². The van der Waals surface area contributed by atoms with Gasteiger partial charge in [0, 0.05) is 19.4 Å². The van der Waals surface area contributed by atoms with E-state index in [1.54, 1.807) is 12.1 Å². The summed E-state index contributed by atoms with van der Waals surface area (Å²) in [7, 11) is 0. The Morgan fingerprint density at radius 3 is 2.48 bits per heavy atom. The maximum atomic E-state index is 14.2. The number of ether oxygens (including phenoxy) is 1. The number of phenolic OH excluding ortho intramolecular Hbond substituents is 1. The van der Waals surface area contributed by atoms with Crippen LogP contribution in [0.4, 0.5) is 8.78 Å². The first kappa shape index (κ1) is 16.9. The molecule has 0 bridgehead atoms. The SMILES string of the molecule is CCc1ccc(Cc2c(F)cc(O)cc2COC(C)=O)c(F)c1. The van der Waals surface area contributed by atoms with Gasteiger partial charge in [-0.2, -0.15) is 0 Å². The second-order valence-electron chi connectivity index (χ2n) is 5.30. The number of aryl methyl sites for hydroxylation is 1. The first-order valence-electron chi connectivity index (χ1n) is 7.31. The zero-order valence-corrected chi connectivity index (χ0v) is 13.0. The molecule has 0 aliphatic carbocycles. The highest BCUT2D eigenvalue weighted by Gasteiger charge is 2.15. The molecule has 0 aliphatic rings. The summed E-state index contributed by atoms with van der Waals surface area (Å²) in [6.07, 6.45) is 0.723. The van der Waals surface area contributed by atoms with E-state index in [-0.39, 0.29) is 24.3 Å². The molecule has 2 aromatic carbocycles. The van der Waals surface area contributed by atoms with E-state index in [1.165, 1.54) is 19.1 Å². The molecule has 23 heavy (non-hydrogen) atoms. The van der Waals surface area contributed by atoms with Crippen LogP contribution in [-0.4, -0.2) is 11.1 Å². The quantitative estimate of drug-likeness (QED) is 0.850. The van der Waals surface area contributed by atoms with E-state index in [1.807, 2.05) is 6.92 Å². The van der Waals surface area contributed by atoms with Gasteiger partial charge in [-0.3, -0.25) is 4.79 Å². The molecule has 0 aromatic heterocycles. The zero-order valence-electron chi connectivity index (χ0n) is 13.0. The van der Waals surface area contributed by atoms with Crippen molar-refractivity contribution in [1.29, 1.82) is 0 Å². The van der Waals surface area contributed by atoms with Crippen LogP contribution in [0.3, 0.4) is 0 Å². The number of carbonyl (C=O) groups is 1. The average Bonchev–Trinajstić information content (AvgIpc) is 2.49. The van der Waals surface area contributed by atoms with Gasteiger partial charge in [0.15, 0.2) is 0 Å². The molecule has 5 heteroatoms. The van der Waals surface area contributed by atoms with Crippen molar-refractivity contribution in [2.75, 3.05) is 0 Å². The predicted molar refractivity (Wildman–Crippen MR) is 82.1 cm³/mol. The van der Waals surface area contributed by atoms with Crippen LogP contribution in [0.5, 0.6) is 5.75 Å². The summed E-state index contributed by atoms with van der Waals surface area (Å²) in [5, 5.41) is 9.52. The highest BCUT2D eigenvalue weighted by atomic mass is 19.1. The first-order valence-corrected chi connectivity index (χ1v) is 7.31. The number of rotatable bonds is 5. The number of esters is 1. The normalized spacial score (nSPS) is 10.6. The molecule has 1 N–H and O–H groups in total. The van der Waals surface area contributed by atoms with E-state index >= 15 is 0 Å². The number of hydrogen-bond acceptors (Lipinski definition) is 3. The molecule has 0 unspecified atom stereocenters. The Kier molecular flexibility index (Phi) is 5.32. The molecule has 122 valence electrons. The first-order chi connectivity index (χ1) is 10.9. The van der Waals surface area contributed by atoms with Crippen LogP contribution in [-0.2, 0) is 29.0 Å². The van der Waals surface area contributed by atoms with Gasteiger partial charge in [-0.25, -0.2) is 8.78 Å². The molecule has 0 radical (unpaired) electrons. The van der Waals surface area contributed by atoms with Crippen LogP contribution in [0.1, 0.15) is 36.1 Å². The molecule has 2 rings (SSSR count). The summed E-state index contributed by atoms with van der Waals surface area (Å²) in [4.78, 5) is 10.9. The summed E-state index contributed by atoms with van der Waals surface area (Å²) in [5.41, 5.74) is 1.72. The van der Waals surface area contributed by atoms with Crippen molar-refractivity contribution < 1.29 is 23.4 Å². The molecule has 0 spiro atoms. The third kappa shape index (κ3) is 4.28. The number of halogens is 2. The van der Waals surface area contributed by atoms with Gasteiger partial charge in [0.2, 0.25) is 0 Å². The highest BCUT2D eigenvalue weighted by Crippen LogP contribution is 2.25. The Balaban J connectivity index is 2.36. The third-order valence-corrected chi connectivity index (χ3v) is 3.60. The number of benzene rings is 2. The van der Waals surface area contributed by atoms with Crippen molar-refractivity contribution in [2.45, 2.75) is 33.3 Å². The standard InChI is InChI=1S/C18H18F2O3/c1-3-12-4-5-13(17(19)6-12)8-16-14(10-23-11(2)21)7-15(22)9-18(16)20/h4-7,9,22H,3,8,10H2,1-2H3. The van der Waals surface area contributed by atoms with Gasteiger partial charge in [-0.15, -0.1) is 0 Å². The Morgan fingerprint density at radius 1 is 1.13 bits per heavy atom. The molecular formula is C18H18F2O3. The van der Waals surface area contributed by atoms with Crippen LogP contribution in [0.25, 0.3) is 0 Å². The van der Waals surface area contributed by atoms with Crippen molar-refractivity contribution in [1.82, 2.24) is 0 Å². The second kappa shape index (κ2) is 7.22. The smallest absolute Gasteiger partial charge is 0.302 e. The lowest BCUT2D eigenvalue weighted by Crippen LogP contribution is -2.06. The van der Waals surface area contributed by atoms with Gasteiger partial charge in [0.1, 0.15) is 24.0 Å². The van der Waals surface area contributed by atoms with E-state index in [9.17, 15) is 18.7 Å². The molecule has 0 heterocycles. The minimum absolute atomic E-state index is 0.0124. The minimum Gasteiger partial charge on any atom is -0.508 e. The van der Waals surface area contributed by atoms with Gasteiger partial charge in [-0.1, -0.05) is 19.1 Å². The van der Waals surface area contributed by atoms with Crippen LogP contribution in [0.2, 0.25) is 0 Å². The Morgan fingerprint density at radius 2 is 1.87 bits per heavy atom. The molecule has 0 saturated heterocycles. The highest BCUT2D eigenvalue weighted by molar-refractivity contribution is 5.66. The Bertz CT molecular complexity index is 726. The van der Waals surface area contributed by atoms with E-state index in [4.69, 9.17) is 4.74 Å². The maximum Gasteiger partial charge on any atom is 0.302 e. The van der Waals surface area contributed by atoms with Crippen LogP contribution < -0.4 is 0 Å². The van der Waals surface area contributed by atoms with Crippen LogP contribution in [0, 0.1) is 11.6 Å². The van der Waals surface area contributed by atoms with Crippen molar-refractivity contribution in [3.63, 3.8) is 0 Å². The van der Waals surface area contributed by atoms with Gasteiger partial charge in [0.05, 0.1) is 0 Å². The molecular weight excluding hydrogens is 302 g/mol. The molecule has 0 fully saturated rings. The number of phenols is 1. The number of aromatic hydroxyl groups is 1. The van der Waals surface area contributed by atoms with Gasteiger partial charge < -0.3 is 9.84 Å². The fraction of sp³-hybridized carbons (Fsp3) is 0.278. The van der Waals surface area contributed by atoms with E-state index in [2.05, 4.69) is 0 Å². The third-order valence-electron chi connectivity index (χ3n) is 3.60. The summed E-state index contributed by atoms with van der Waals surface area (Å²) < 4.78 is 33.2. The van der Waals surface area contributed by atoms with Crippen molar-refractivity contribution in [2.24, 2.45) is 0 Å². The molecule has 0 saturated carbocycles. The number of hydrogen-bond donors (Lipinski definition) is 1. The Labute approximate surface area is 133 Å². The summed E-state index contributed by atoms with van der Waals surface area (Å²) in [5.74, 6) is -1.85. The fourth-order valence-electron chi connectivity index (χ4n) is 2.33. The molecule has 0 aliphatic heterocycles. The maximum absolute atomic E-state index is 14.2. The second-order valence-corrected chi connectivity index (χ2v) is 5.30. The Hall–Kier alpha value is -2.43. The topological polar surface area (TPSA) is 46.5 Å². The predicted octanol–water partition coefficient (Wildman–Crippen LogP) is 3.89. The van der Waals surface area contributed by atoms with E-state index in [0.29, 0.717) is 17.5 Å². The fourth-order valence-corrected chi connectivity index (χ4v) is 2.33. The lowest BCUT2D eigenvalue weighted by molar-refractivity contribution is -0.142.